The monoisotopic (exact) mass is 388 g/mol. The third-order valence-corrected chi connectivity index (χ3v) is 4.96. The third kappa shape index (κ3) is 5.17. The maximum absolute atomic E-state index is 12.0. The molecule has 7 nitrogen and oxygen atoms in total. The van der Waals surface area contributed by atoms with Gasteiger partial charge in [0.15, 0.2) is 5.82 Å². The van der Waals surface area contributed by atoms with E-state index in [1.165, 1.54) is 11.8 Å². The van der Waals surface area contributed by atoms with Gasteiger partial charge >= 0.3 is 0 Å². The fourth-order valence-electron chi connectivity index (χ4n) is 2.10. The van der Waals surface area contributed by atoms with E-state index in [1.807, 2.05) is 29.6 Å². The van der Waals surface area contributed by atoms with E-state index in [9.17, 15) is 9.59 Å². The second-order valence-corrected chi connectivity index (χ2v) is 7.21. The normalized spacial score (nSPS) is 10.5. The summed E-state index contributed by atoms with van der Waals surface area (Å²) in [5.74, 6) is 0.930. The highest BCUT2D eigenvalue weighted by Gasteiger charge is 2.09. The number of thioether (sulfide) groups is 1. The van der Waals surface area contributed by atoms with Crippen molar-refractivity contribution >= 4 is 46.4 Å². The summed E-state index contributed by atoms with van der Waals surface area (Å²) in [7, 11) is 0. The van der Waals surface area contributed by atoms with Crippen molar-refractivity contribution in [1.29, 1.82) is 0 Å². The number of hydrogen-bond donors (Lipinski definition) is 2. The number of nitrogens with zero attached hydrogens (tertiary/aromatic N) is 2. The molecule has 2 aromatic heterocycles. The van der Waals surface area contributed by atoms with Gasteiger partial charge in [0.05, 0.1) is 11.5 Å². The largest absolute Gasteiger partial charge is 0.360 e. The summed E-state index contributed by atoms with van der Waals surface area (Å²) in [6.45, 7) is 1.74. The van der Waals surface area contributed by atoms with Crippen LogP contribution in [0.1, 0.15) is 5.76 Å². The van der Waals surface area contributed by atoms with Crippen LogP contribution >= 0.6 is 23.1 Å². The van der Waals surface area contributed by atoms with Gasteiger partial charge in [-0.15, -0.1) is 23.1 Å². The molecule has 3 rings (SSSR count). The SMILES string of the molecule is Cc1cc(NC(=O)CSCC(=O)Nc2ccc(-c3nccs3)cc2)no1. The van der Waals surface area contributed by atoms with E-state index in [4.69, 9.17) is 4.52 Å². The van der Waals surface area contributed by atoms with Crippen molar-refractivity contribution < 1.29 is 14.1 Å². The highest BCUT2D eigenvalue weighted by atomic mass is 32.2. The maximum Gasteiger partial charge on any atom is 0.235 e. The molecule has 0 aliphatic heterocycles. The Labute approximate surface area is 158 Å². The Balaban J connectivity index is 1.40. The molecule has 2 N–H and O–H groups in total. The van der Waals surface area contributed by atoms with E-state index in [2.05, 4.69) is 20.8 Å². The lowest BCUT2D eigenvalue weighted by Gasteiger charge is -2.06. The van der Waals surface area contributed by atoms with Crippen LogP contribution in [0, 0.1) is 6.92 Å². The summed E-state index contributed by atoms with van der Waals surface area (Å²) in [6.07, 6.45) is 1.76. The van der Waals surface area contributed by atoms with Crippen LogP contribution in [0.3, 0.4) is 0 Å². The molecule has 0 radical (unpaired) electrons. The second kappa shape index (κ2) is 8.63. The standard InChI is InChI=1S/C17H16N4O3S2/c1-11-8-14(21-24-11)20-16(23)10-25-9-15(22)19-13-4-2-12(3-5-13)17-18-6-7-26-17/h2-8H,9-10H2,1H3,(H,19,22)(H,20,21,23). The fraction of sp³-hybridized carbons (Fsp3) is 0.176. The molecule has 0 aliphatic rings. The molecule has 26 heavy (non-hydrogen) atoms. The minimum absolute atomic E-state index is 0.155. The zero-order valence-corrected chi connectivity index (χ0v) is 15.5. The van der Waals surface area contributed by atoms with Gasteiger partial charge in [-0.25, -0.2) is 4.98 Å². The predicted octanol–water partition coefficient (Wildman–Crippen LogP) is 3.42. The van der Waals surface area contributed by atoms with Gasteiger partial charge in [-0.1, -0.05) is 5.16 Å². The lowest BCUT2D eigenvalue weighted by molar-refractivity contribution is -0.114. The minimum Gasteiger partial charge on any atom is -0.360 e. The van der Waals surface area contributed by atoms with Crippen LogP contribution < -0.4 is 10.6 Å². The van der Waals surface area contributed by atoms with Gasteiger partial charge in [-0.05, 0) is 31.2 Å². The number of hydrogen-bond acceptors (Lipinski definition) is 7. The smallest absolute Gasteiger partial charge is 0.235 e. The van der Waals surface area contributed by atoms with E-state index >= 15 is 0 Å². The van der Waals surface area contributed by atoms with Crippen molar-refractivity contribution in [1.82, 2.24) is 10.1 Å². The van der Waals surface area contributed by atoms with Crippen LogP contribution in [0.25, 0.3) is 10.6 Å². The number of benzene rings is 1. The van der Waals surface area contributed by atoms with Crippen molar-refractivity contribution in [3.05, 3.63) is 47.7 Å². The van der Waals surface area contributed by atoms with Crippen molar-refractivity contribution in [2.24, 2.45) is 0 Å². The van der Waals surface area contributed by atoms with Crippen molar-refractivity contribution in [3.8, 4) is 10.6 Å². The fourth-order valence-corrected chi connectivity index (χ4v) is 3.36. The van der Waals surface area contributed by atoms with E-state index in [1.54, 1.807) is 30.5 Å². The topological polar surface area (TPSA) is 97.1 Å². The van der Waals surface area contributed by atoms with Crippen LogP contribution in [0.5, 0.6) is 0 Å². The van der Waals surface area contributed by atoms with Gasteiger partial charge in [-0.2, -0.15) is 0 Å². The maximum atomic E-state index is 12.0. The number of rotatable bonds is 7. The first-order valence-corrected chi connectivity index (χ1v) is 9.74. The molecule has 0 saturated heterocycles. The number of anilines is 2. The zero-order valence-electron chi connectivity index (χ0n) is 13.9. The Morgan fingerprint density at radius 3 is 2.50 bits per heavy atom. The first kappa shape index (κ1) is 18.2. The number of carbonyl (C=O) groups is 2. The van der Waals surface area contributed by atoms with Gasteiger partial charge in [0.2, 0.25) is 11.8 Å². The first-order valence-electron chi connectivity index (χ1n) is 7.71. The first-order chi connectivity index (χ1) is 12.6. The molecule has 3 aromatic rings. The average molecular weight is 388 g/mol. The molecule has 9 heteroatoms. The van der Waals surface area contributed by atoms with Crippen LogP contribution in [0.15, 0.2) is 46.4 Å². The van der Waals surface area contributed by atoms with Crippen molar-refractivity contribution in [2.75, 3.05) is 22.1 Å². The number of aromatic nitrogens is 2. The molecule has 0 bridgehead atoms. The molecule has 0 spiro atoms. The second-order valence-electron chi connectivity index (χ2n) is 5.33. The molecule has 0 atom stereocenters. The Hall–Kier alpha value is -2.65. The number of carbonyl (C=O) groups excluding carboxylic acids is 2. The van der Waals surface area contributed by atoms with Crippen LogP contribution in [0.2, 0.25) is 0 Å². The molecule has 0 unspecified atom stereocenters. The Kier molecular flexibility index (Phi) is 6.03. The van der Waals surface area contributed by atoms with Crippen LogP contribution in [-0.4, -0.2) is 33.5 Å². The molecule has 2 amide bonds. The summed E-state index contributed by atoms with van der Waals surface area (Å²) < 4.78 is 4.87. The minimum atomic E-state index is -0.232. The van der Waals surface area contributed by atoms with Crippen molar-refractivity contribution in [2.45, 2.75) is 6.92 Å². The number of aryl methyl sites for hydroxylation is 1. The number of thiazole rings is 1. The van der Waals surface area contributed by atoms with Gasteiger partial charge in [0.1, 0.15) is 10.8 Å². The molecular weight excluding hydrogens is 372 g/mol. The Morgan fingerprint density at radius 1 is 1.15 bits per heavy atom. The van der Waals surface area contributed by atoms with Crippen molar-refractivity contribution in [3.63, 3.8) is 0 Å². The van der Waals surface area contributed by atoms with Gasteiger partial charge in [-0.3, -0.25) is 9.59 Å². The molecule has 0 aliphatic carbocycles. The summed E-state index contributed by atoms with van der Waals surface area (Å²) in [5.41, 5.74) is 1.71. The van der Waals surface area contributed by atoms with Gasteiger partial charge in [0, 0.05) is 28.9 Å². The summed E-state index contributed by atoms with van der Waals surface area (Å²) in [6, 6.07) is 9.12. The molecular formula is C17H16N4O3S2. The lowest BCUT2D eigenvalue weighted by atomic mass is 10.2. The molecule has 1 aromatic carbocycles. The average Bonchev–Trinajstić information content (AvgIpc) is 3.27. The van der Waals surface area contributed by atoms with Gasteiger partial charge in [0.25, 0.3) is 0 Å². The van der Waals surface area contributed by atoms with E-state index < -0.39 is 0 Å². The third-order valence-electron chi connectivity index (χ3n) is 3.21. The lowest BCUT2D eigenvalue weighted by Crippen LogP contribution is -2.18. The molecule has 0 fully saturated rings. The molecule has 0 saturated carbocycles. The van der Waals surface area contributed by atoms with E-state index in [0.717, 1.165) is 10.6 Å². The zero-order chi connectivity index (χ0) is 18.4. The summed E-state index contributed by atoms with van der Waals surface area (Å²) in [4.78, 5) is 28.0. The highest BCUT2D eigenvalue weighted by molar-refractivity contribution is 8.00. The van der Waals surface area contributed by atoms with E-state index in [0.29, 0.717) is 17.3 Å². The Morgan fingerprint density at radius 2 is 1.88 bits per heavy atom. The quantitative estimate of drug-likeness (QED) is 0.644. The number of amides is 2. The highest BCUT2D eigenvalue weighted by Crippen LogP contribution is 2.23. The molecule has 2 heterocycles. The summed E-state index contributed by atoms with van der Waals surface area (Å²) in [5, 5.41) is 11.9. The Bertz CT molecular complexity index is 876. The van der Waals surface area contributed by atoms with E-state index in [-0.39, 0.29) is 23.3 Å². The summed E-state index contributed by atoms with van der Waals surface area (Å²) >= 11 is 2.79. The van der Waals surface area contributed by atoms with Gasteiger partial charge < -0.3 is 15.2 Å². The number of nitrogens with one attached hydrogen (secondary N) is 2. The molecule has 134 valence electrons. The van der Waals surface area contributed by atoms with Crippen LogP contribution in [0.4, 0.5) is 11.5 Å². The predicted molar refractivity (Wildman–Crippen MR) is 103 cm³/mol. The van der Waals surface area contributed by atoms with Crippen LogP contribution in [-0.2, 0) is 9.59 Å².